The number of alkyl halides is 3. The first kappa shape index (κ1) is 12.8. The molecule has 0 saturated heterocycles. The first-order valence-electron chi connectivity index (χ1n) is 5.70. The molecule has 4 N–H and O–H groups in total. The van der Waals surface area contributed by atoms with Crippen molar-refractivity contribution in [3.05, 3.63) is 5.82 Å². The molecule has 0 amide bonds. The Hall–Kier alpha value is -1.60. The number of halogens is 3. The van der Waals surface area contributed by atoms with Gasteiger partial charge in [0.05, 0.1) is 5.92 Å². The number of rotatable bonds is 1. The summed E-state index contributed by atoms with van der Waals surface area (Å²) in [7, 11) is 0. The van der Waals surface area contributed by atoms with Crippen LogP contribution in [0.3, 0.4) is 0 Å². The van der Waals surface area contributed by atoms with Crippen molar-refractivity contribution < 1.29 is 13.2 Å². The van der Waals surface area contributed by atoms with E-state index in [4.69, 9.17) is 11.5 Å². The third kappa shape index (κ3) is 2.80. The minimum absolute atomic E-state index is 0.00755. The molecule has 1 fully saturated rings. The Labute approximate surface area is 102 Å². The van der Waals surface area contributed by atoms with Gasteiger partial charge in [-0.1, -0.05) is 6.42 Å². The molecule has 2 rings (SSSR count). The Bertz CT molecular complexity index is 414. The molecule has 1 aromatic rings. The van der Waals surface area contributed by atoms with Crippen LogP contribution >= 0.6 is 0 Å². The van der Waals surface area contributed by atoms with Gasteiger partial charge in [0, 0.05) is 5.92 Å². The predicted molar refractivity (Wildman–Crippen MR) is 59.4 cm³/mol. The summed E-state index contributed by atoms with van der Waals surface area (Å²) in [6.07, 6.45) is -2.89. The molecule has 8 heteroatoms. The number of anilines is 2. The van der Waals surface area contributed by atoms with E-state index in [0.717, 1.165) is 0 Å². The van der Waals surface area contributed by atoms with Crippen molar-refractivity contribution in [2.75, 3.05) is 11.5 Å². The van der Waals surface area contributed by atoms with Gasteiger partial charge in [-0.05, 0) is 19.3 Å². The zero-order valence-corrected chi connectivity index (χ0v) is 9.61. The average molecular weight is 261 g/mol. The van der Waals surface area contributed by atoms with E-state index in [9.17, 15) is 13.2 Å². The second kappa shape index (κ2) is 4.58. The van der Waals surface area contributed by atoms with E-state index in [0.29, 0.717) is 12.8 Å². The second-order valence-electron chi connectivity index (χ2n) is 4.51. The van der Waals surface area contributed by atoms with E-state index in [1.165, 1.54) is 0 Å². The van der Waals surface area contributed by atoms with Gasteiger partial charge in [0.25, 0.3) is 0 Å². The van der Waals surface area contributed by atoms with Gasteiger partial charge in [-0.25, -0.2) is 0 Å². The van der Waals surface area contributed by atoms with E-state index < -0.39 is 12.1 Å². The van der Waals surface area contributed by atoms with Crippen LogP contribution in [0.2, 0.25) is 0 Å². The van der Waals surface area contributed by atoms with E-state index >= 15 is 0 Å². The normalized spacial score (nSPS) is 25.1. The summed E-state index contributed by atoms with van der Waals surface area (Å²) in [6.45, 7) is 0. The highest BCUT2D eigenvalue weighted by Gasteiger charge is 2.43. The van der Waals surface area contributed by atoms with E-state index in [1.54, 1.807) is 0 Å². The molecule has 5 nitrogen and oxygen atoms in total. The van der Waals surface area contributed by atoms with E-state index in [1.807, 2.05) is 0 Å². The third-order valence-electron chi connectivity index (χ3n) is 3.19. The van der Waals surface area contributed by atoms with Crippen molar-refractivity contribution in [1.82, 2.24) is 15.0 Å². The lowest BCUT2D eigenvalue weighted by Crippen LogP contribution is -2.28. The van der Waals surface area contributed by atoms with Gasteiger partial charge in [-0.2, -0.15) is 28.1 Å². The molecule has 0 spiro atoms. The summed E-state index contributed by atoms with van der Waals surface area (Å²) in [5.41, 5.74) is 10.8. The molecule has 1 aromatic heterocycles. The molecule has 100 valence electrons. The maximum Gasteiger partial charge on any atom is 0.391 e. The Morgan fingerprint density at radius 3 is 2.17 bits per heavy atom. The fourth-order valence-corrected chi connectivity index (χ4v) is 2.33. The number of hydrogen-bond acceptors (Lipinski definition) is 5. The van der Waals surface area contributed by atoms with Crippen LogP contribution in [0.25, 0.3) is 0 Å². The molecule has 0 aliphatic heterocycles. The number of aromatic nitrogens is 3. The fraction of sp³-hybridized carbons (Fsp3) is 0.700. The van der Waals surface area contributed by atoms with Crippen LogP contribution in [0.1, 0.15) is 37.4 Å². The van der Waals surface area contributed by atoms with Gasteiger partial charge in [0.1, 0.15) is 5.82 Å². The van der Waals surface area contributed by atoms with Crippen LogP contribution in [0.5, 0.6) is 0 Å². The third-order valence-corrected chi connectivity index (χ3v) is 3.19. The molecule has 1 saturated carbocycles. The first-order chi connectivity index (χ1) is 8.36. The van der Waals surface area contributed by atoms with Crippen LogP contribution in [0.15, 0.2) is 0 Å². The van der Waals surface area contributed by atoms with Crippen LogP contribution in [-0.2, 0) is 0 Å². The lowest BCUT2D eigenvalue weighted by atomic mass is 9.80. The number of nitrogen functional groups attached to an aromatic ring is 2. The highest BCUT2D eigenvalue weighted by Crippen LogP contribution is 2.42. The first-order valence-corrected chi connectivity index (χ1v) is 5.70. The van der Waals surface area contributed by atoms with Crippen molar-refractivity contribution in [2.45, 2.75) is 37.8 Å². The van der Waals surface area contributed by atoms with Crippen LogP contribution in [-0.4, -0.2) is 21.1 Å². The molecule has 2 atom stereocenters. The maximum atomic E-state index is 12.7. The minimum Gasteiger partial charge on any atom is -0.368 e. The van der Waals surface area contributed by atoms with Crippen molar-refractivity contribution in [3.63, 3.8) is 0 Å². The summed E-state index contributed by atoms with van der Waals surface area (Å²) in [5.74, 6) is -1.47. The SMILES string of the molecule is Nc1nc(N)nc(C2CCCC(C(F)(F)F)C2)n1. The van der Waals surface area contributed by atoms with Crippen molar-refractivity contribution >= 4 is 11.9 Å². The van der Waals surface area contributed by atoms with Crippen molar-refractivity contribution in [2.24, 2.45) is 5.92 Å². The van der Waals surface area contributed by atoms with Crippen molar-refractivity contribution in [3.8, 4) is 0 Å². The maximum absolute atomic E-state index is 12.7. The highest BCUT2D eigenvalue weighted by atomic mass is 19.4. The number of hydrogen-bond donors (Lipinski definition) is 2. The quantitative estimate of drug-likeness (QED) is 0.805. The lowest BCUT2D eigenvalue weighted by Gasteiger charge is -2.29. The molecule has 0 aromatic carbocycles. The van der Waals surface area contributed by atoms with E-state index in [2.05, 4.69) is 15.0 Å². The fourth-order valence-electron chi connectivity index (χ4n) is 2.33. The molecule has 2 unspecified atom stereocenters. The summed E-state index contributed by atoms with van der Waals surface area (Å²) in [4.78, 5) is 11.4. The van der Waals surface area contributed by atoms with Crippen LogP contribution < -0.4 is 11.5 Å². The Kier molecular flexibility index (Phi) is 3.27. The molecular formula is C10H14F3N5. The Balaban J connectivity index is 2.18. The lowest BCUT2D eigenvalue weighted by molar-refractivity contribution is -0.183. The number of nitrogens with zero attached hydrogens (tertiary/aromatic N) is 3. The number of nitrogens with two attached hydrogens (primary N) is 2. The Morgan fingerprint density at radius 1 is 1.00 bits per heavy atom. The van der Waals surface area contributed by atoms with Crippen LogP contribution in [0.4, 0.5) is 25.1 Å². The second-order valence-corrected chi connectivity index (χ2v) is 4.51. The summed E-state index contributed by atoms with van der Waals surface area (Å²) < 4.78 is 38.1. The topological polar surface area (TPSA) is 90.7 Å². The smallest absolute Gasteiger partial charge is 0.368 e. The molecule has 1 heterocycles. The molecule has 0 radical (unpaired) electrons. The van der Waals surface area contributed by atoms with Gasteiger partial charge in [-0.15, -0.1) is 0 Å². The monoisotopic (exact) mass is 261 g/mol. The largest absolute Gasteiger partial charge is 0.391 e. The van der Waals surface area contributed by atoms with E-state index in [-0.39, 0.29) is 36.5 Å². The van der Waals surface area contributed by atoms with Gasteiger partial charge < -0.3 is 11.5 Å². The molecule has 0 bridgehead atoms. The molecule has 18 heavy (non-hydrogen) atoms. The van der Waals surface area contributed by atoms with Gasteiger partial charge in [-0.3, -0.25) is 0 Å². The average Bonchev–Trinajstić information content (AvgIpc) is 2.27. The van der Waals surface area contributed by atoms with Crippen LogP contribution in [0, 0.1) is 5.92 Å². The predicted octanol–water partition coefficient (Wildman–Crippen LogP) is 1.87. The summed E-state index contributed by atoms with van der Waals surface area (Å²) >= 11 is 0. The van der Waals surface area contributed by atoms with Gasteiger partial charge in [0.2, 0.25) is 11.9 Å². The summed E-state index contributed by atoms with van der Waals surface area (Å²) in [6, 6.07) is 0. The highest BCUT2D eigenvalue weighted by molar-refractivity contribution is 5.27. The van der Waals surface area contributed by atoms with Gasteiger partial charge >= 0.3 is 6.18 Å². The minimum atomic E-state index is -4.16. The summed E-state index contributed by atoms with van der Waals surface area (Å²) in [5, 5.41) is 0. The molecular weight excluding hydrogens is 247 g/mol. The Morgan fingerprint density at radius 2 is 1.61 bits per heavy atom. The van der Waals surface area contributed by atoms with Crippen molar-refractivity contribution in [1.29, 1.82) is 0 Å². The molecule has 1 aliphatic carbocycles. The standard InChI is InChI=1S/C10H14F3N5/c11-10(12,13)6-3-1-2-5(4-6)7-16-8(14)18-9(15)17-7/h5-6H,1-4H2,(H4,14,15,16,17,18). The van der Waals surface area contributed by atoms with Gasteiger partial charge in [0.15, 0.2) is 0 Å². The molecule has 1 aliphatic rings. The zero-order chi connectivity index (χ0) is 13.3. The zero-order valence-electron chi connectivity index (χ0n) is 9.61.